The number of likely N-dealkylation sites (N-methyl/N-ethyl adjacent to an activating group) is 1. The van der Waals surface area contributed by atoms with Gasteiger partial charge in [-0.15, -0.1) is 0 Å². The van der Waals surface area contributed by atoms with Crippen molar-refractivity contribution in [2.45, 2.75) is 32.4 Å². The number of hydrogen-bond donors (Lipinski definition) is 1. The molecule has 20 heavy (non-hydrogen) atoms. The van der Waals surface area contributed by atoms with Gasteiger partial charge < -0.3 is 10.0 Å². The Morgan fingerprint density at radius 3 is 2.50 bits per heavy atom. The fraction of sp³-hybridized carbons (Fsp3) is 0.833. The normalized spacial score (nSPS) is 22.7. The van der Waals surface area contributed by atoms with Crippen LogP contribution in [0.3, 0.4) is 0 Å². The second kappa shape index (κ2) is 6.53. The summed E-state index contributed by atoms with van der Waals surface area (Å²) in [5.41, 5.74) is 0. The maximum Gasteiger partial charge on any atom is 0.304 e. The number of sulfone groups is 1. The second-order valence-corrected chi connectivity index (χ2v) is 7.66. The average Bonchev–Trinajstić information content (AvgIpc) is 2.30. The van der Waals surface area contributed by atoms with E-state index in [1.165, 1.54) is 0 Å². The third-order valence-electron chi connectivity index (χ3n) is 3.57. The van der Waals surface area contributed by atoms with Crippen LogP contribution < -0.4 is 0 Å². The Labute approximate surface area is 119 Å². The molecule has 1 N–H and O–H groups in total. The van der Waals surface area contributed by atoms with Gasteiger partial charge >= 0.3 is 5.97 Å². The maximum absolute atomic E-state index is 12.0. The lowest BCUT2D eigenvalue weighted by Crippen LogP contribution is -2.53. The summed E-state index contributed by atoms with van der Waals surface area (Å²) in [7, 11) is -1.53. The van der Waals surface area contributed by atoms with E-state index in [1.54, 1.807) is 16.8 Å². The number of carbonyl (C=O) groups excluding carboxylic acids is 1. The Hall–Kier alpha value is -1.15. The second-order valence-electron chi connectivity index (χ2n) is 5.43. The fourth-order valence-electron chi connectivity index (χ4n) is 2.09. The molecule has 1 atom stereocenters. The first-order chi connectivity index (χ1) is 9.12. The average molecular weight is 306 g/mol. The van der Waals surface area contributed by atoms with Crippen LogP contribution in [0.2, 0.25) is 0 Å². The Balaban J connectivity index is 2.75. The molecule has 116 valence electrons. The SMILES string of the molecule is CC(C)N(C)C(=O)CN1CCS(=O)(=O)CC1CC(=O)O. The monoisotopic (exact) mass is 306 g/mol. The number of aliphatic carboxylic acids is 1. The van der Waals surface area contributed by atoms with Crippen molar-refractivity contribution in [1.29, 1.82) is 0 Å². The largest absolute Gasteiger partial charge is 0.481 e. The van der Waals surface area contributed by atoms with Crippen molar-refractivity contribution >= 4 is 21.7 Å². The number of carbonyl (C=O) groups is 2. The Morgan fingerprint density at radius 1 is 1.40 bits per heavy atom. The molecule has 1 rings (SSSR count). The third kappa shape index (κ3) is 4.75. The Morgan fingerprint density at radius 2 is 2.00 bits per heavy atom. The van der Waals surface area contributed by atoms with Crippen molar-refractivity contribution in [1.82, 2.24) is 9.80 Å². The van der Waals surface area contributed by atoms with Crippen molar-refractivity contribution in [3.63, 3.8) is 0 Å². The van der Waals surface area contributed by atoms with Gasteiger partial charge in [-0.05, 0) is 13.8 Å². The predicted octanol–water partition coefficient (Wildman–Crippen LogP) is -0.573. The van der Waals surface area contributed by atoms with E-state index in [0.29, 0.717) is 0 Å². The van der Waals surface area contributed by atoms with Gasteiger partial charge in [0.05, 0.1) is 24.5 Å². The number of carboxylic acids is 1. The number of rotatable bonds is 5. The van der Waals surface area contributed by atoms with Crippen molar-refractivity contribution in [2.75, 3.05) is 31.6 Å². The van der Waals surface area contributed by atoms with Gasteiger partial charge in [0.1, 0.15) is 0 Å². The molecule has 7 nitrogen and oxygen atoms in total. The highest BCUT2D eigenvalue weighted by Crippen LogP contribution is 2.15. The van der Waals surface area contributed by atoms with Crippen LogP contribution in [0.4, 0.5) is 0 Å². The molecule has 0 aromatic heterocycles. The molecule has 0 aromatic rings. The molecular weight excluding hydrogens is 284 g/mol. The van der Waals surface area contributed by atoms with Crippen molar-refractivity contribution in [3.8, 4) is 0 Å². The molecule has 1 heterocycles. The lowest BCUT2D eigenvalue weighted by Gasteiger charge is -2.35. The molecule has 0 aromatic carbocycles. The highest BCUT2D eigenvalue weighted by molar-refractivity contribution is 7.91. The van der Waals surface area contributed by atoms with E-state index in [1.807, 2.05) is 13.8 Å². The van der Waals surface area contributed by atoms with Gasteiger partial charge in [-0.3, -0.25) is 14.5 Å². The molecule has 8 heteroatoms. The van der Waals surface area contributed by atoms with Gasteiger partial charge in [0.25, 0.3) is 0 Å². The van der Waals surface area contributed by atoms with Gasteiger partial charge in [-0.25, -0.2) is 8.42 Å². The molecule has 1 fully saturated rings. The molecule has 1 unspecified atom stereocenters. The molecule has 0 aliphatic carbocycles. The van der Waals surface area contributed by atoms with Crippen LogP contribution in [0.15, 0.2) is 0 Å². The molecule has 0 saturated carbocycles. The molecule has 1 aliphatic rings. The number of hydrogen-bond acceptors (Lipinski definition) is 5. The van der Waals surface area contributed by atoms with Gasteiger partial charge in [-0.2, -0.15) is 0 Å². The maximum atomic E-state index is 12.0. The zero-order valence-electron chi connectivity index (χ0n) is 12.1. The zero-order valence-corrected chi connectivity index (χ0v) is 12.9. The molecule has 0 spiro atoms. The van der Waals surface area contributed by atoms with E-state index in [9.17, 15) is 18.0 Å². The van der Waals surface area contributed by atoms with Crippen LogP contribution in [-0.2, 0) is 19.4 Å². The van der Waals surface area contributed by atoms with E-state index in [2.05, 4.69) is 0 Å². The van der Waals surface area contributed by atoms with Crippen LogP contribution >= 0.6 is 0 Å². The molecule has 0 radical (unpaired) electrons. The van der Waals surface area contributed by atoms with Crippen LogP contribution in [-0.4, -0.2) is 78.9 Å². The Kier molecular flexibility index (Phi) is 5.52. The summed E-state index contributed by atoms with van der Waals surface area (Å²) in [5, 5.41) is 8.87. The van der Waals surface area contributed by atoms with Crippen LogP contribution in [0.5, 0.6) is 0 Å². The van der Waals surface area contributed by atoms with Crippen molar-refractivity contribution in [2.24, 2.45) is 0 Å². The molecule has 1 aliphatic heterocycles. The minimum atomic E-state index is -3.21. The first kappa shape index (κ1) is 16.9. The van der Waals surface area contributed by atoms with Crippen molar-refractivity contribution in [3.05, 3.63) is 0 Å². The van der Waals surface area contributed by atoms with Crippen molar-refractivity contribution < 1.29 is 23.1 Å². The summed E-state index contributed by atoms with van der Waals surface area (Å²) in [6, 6.07) is -0.579. The standard InChI is InChI=1S/C12H22N2O5S/c1-9(2)13(3)11(15)7-14-4-5-20(18,19)8-10(14)6-12(16)17/h9-10H,4-8H2,1-3H3,(H,16,17). The van der Waals surface area contributed by atoms with Crippen LogP contribution in [0.25, 0.3) is 0 Å². The lowest BCUT2D eigenvalue weighted by molar-refractivity contribution is -0.140. The topological polar surface area (TPSA) is 95.0 Å². The Bertz CT molecular complexity index is 474. The summed E-state index contributed by atoms with van der Waals surface area (Å²) in [4.78, 5) is 26.1. The zero-order chi connectivity index (χ0) is 15.5. The summed E-state index contributed by atoms with van der Waals surface area (Å²) < 4.78 is 23.2. The molecule has 0 bridgehead atoms. The minimum Gasteiger partial charge on any atom is -0.481 e. The molecule has 1 saturated heterocycles. The predicted molar refractivity (Wildman–Crippen MR) is 74.2 cm³/mol. The van der Waals surface area contributed by atoms with Gasteiger partial charge in [0.15, 0.2) is 9.84 Å². The van der Waals surface area contributed by atoms with Crippen LogP contribution in [0.1, 0.15) is 20.3 Å². The quantitative estimate of drug-likeness (QED) is 0.731. The summed E-state index contributed by atoms with van der Waals surface area (Å²) in [6.45, 7) is 4.03. The summed E-state index contributed by atoms with van der Waals surface area (Å²) in [6.07, 6.45) is -0.266. The number of nitrogens with zero attached hydrogens (tertiary/aromatic N) is 2. The smallest absolute Gasteiger partial charge is 0.304 e. The van der Waals surface area contributed by atoms with E-state index in [4.69, 9.17) is 5.11 Å². The van der Waals surface area contributed by atoms with Crippen LogP contribution in [0, 0.1) is 0 Å². The van der Waals surface area contributed by atoms with Gasteiger partial charge in [0.2, 0.25) is 5.91 Å². The van der Waals surface area contributed by atoms with E-state index < -0.39 is 21.8 Å². The fourth-order valence-corrected chi connectivity index (χ4v) is 3.69. The van der Waals surface area contributed by atoms with E-state index in [0.717, 1.165) is 0 Å². The lowest BCUT2D eigenvalue weighted by atomic mass is 10.2. The number of carboxylic acid groups (broad SMARTS) is 1. The summed E-state index contributed by atoms with van der Waals surface area (Å²) >= 11 is 0. The molecule has 1 amide bonds. The van der Waals surface area contributed by atoms with Gasteiger partial charge in [0, 0.05) is 25.7 Å². The molecular formula is C12H22N2O5S. The highest BCUT2D eigenvalue weighted by Gasteiger charge is 2.34. The summed E-state index contributed by atoms with van der Waals surface area (Å²) in [5.74, 6) is -1.41. The van der Waals surface area contributed by atoms with Gasteiger partial charge in [-0.1, -0.05) is 0 Å². The van der Waals surface area contributed by atoms with E-state index >= 15 is 0 Å². The van der Waals surface area contributed by atoms with E-state index in [-0.39, 0.29) is 43.0 Å². The number of amides is 1. The third-order valence-corrected chi connectivity index (χ3v) is 5.27. The minimum absolute atomic E-state index is 0.0260. The first-order valence-corrected chi connectivity index (χ1v) is 8.36. The highest BCUT2D eigenvalue weighted by atomic mass is 32.2. The first-order valence-electron chi connectivity index (χ1n) is 6.54.